The summed E-state index contributed by atoms with van der Waals surface area (Å²) in [6, 6.07) is 8.56. The zero-order valence-corrected chi connectivity index (χ0v) is 11.6. The van der Waals surface area contributed by atoms with Crippen LogP contribution in [0.2, 0.25) is 0 Å². The van der Waals surface area contributed by atoms with Crippen LogP contribution in [0.5, 0.6) is 0 Å². The Morgan fingerprint density at radius 1 is 1.18 bits per heavy atom. The second kappa shape index (κ2) is 6.91. The van der Waals surface area contributed by atoms with Gasteiger partial charge >= 0.3 is 0 Å². The van der Waals surface area contributed by atoms with Crippen molar-refractivity contribution < 1.29 is 4.74 Å². The highest BCUT2D eigenvalue weighted by Gasteiger charge is 2.00. The molecule has 92 valence electrons. The van der Waals surface area contributed by atoms with Crippen molar-refractivity contribution in [3.8, 4) is 0 Å². The fourth-order valence-corrected chi connectivity index (χ4v) is 3.23. The van der Waals surface area contributed by atoms with E-state index < -0.39 is 0 Å². The summed E-state index contributed by atoms with van der Waals surface area (Å²) >= 11 is 3.61. The molecule has 0 aliphatic heterocycles. The molecule has 0 fully saturated rings. The predicted molar refractivity (Wildman–Crippen MR) is 74.8 cm³/mol. The second-order valence-electron chi connectivity index (χ2n) is 3.78. The molecule has 0 radical (unpaired) electrons. The van der Waals surface area contributed by atoms with Crippen molar-refractivity contribution in [3.05, 3.63) is 44.3 Å². The van der Waals surface area contributed by atoms with Gasteiger partial charge in [0.15, 0.2) is 0 Å². The first-order valence-corrected chi connectivity index (χ1v) is 7.40. The van der Waals surface area contributed by atoms with Crippen LogP contribution in [0.3, 0.4) is 0 Å². The zero-order chi connectivity index (χ0) is 11.9. The minimum Gasteiger partial charge on any atom is -0.376 e. The lowest BCUT2D eigenvalue weighted by Gasteiger charge is -2.00. The highest BCUT2D eigenvalue weighted by atomic mass is 32.1. The highest BCUT2D eigenvalue weighted by molar-refractivity contribution is 7.12. The molecule has 2 heterocycles. The molecule has 0 spiro atoms. The van der Waals surface area contributed by atoms with E-state index in [2.05, 4.69) is 35.0 Å². The van der Waals surface area contributed by atoms with E-state index in [0.717, 1.165) is 26.2 Å². The molecule has 0 aromatic carbocycles. The number of nitrogens with one attached hydrogen (secondary N) is 1. The van der Waals surface area contributed by atoms with Crippen LogP contribution >= 0.6 is 22.7 Å². The molecule has 4 heteroatoms. The van der Waals surface area contributed by atoms with Gasteiger partial charge in [0.05, 0.1) is 13.2 Å². The summed E-state index contributed by atoms with van der Waals surface area (Å²) in [6.45, 7) is 2.49. The first kappa shape index (κ1) is 12.8. The van der Waals surface area contributed by atoms with Crippen molar-refractivity contribution in [2.45, 2.75) is 19.6 Å². The normalized spacial score (nSPS) is 10.9. The van der Waals surface area contributed by atoms with Gasteiger partial charge in [0.1, 0.15) is 0 Å². The van der Waals surface area contributed by atoms with Crippen LogP contribution < -0.4 is 5.32 Å². The summed E-state index contributed by atoms with van der Waals surface area (Å²) in [5.41, 5.74) is 0. The van der Waals surface area contributed by atoms with Gasteiger partial charge in [-0.15, -0.1) is 22.7 Å². The highest BCUT2D eigenvalue weighted by Crippen LogP contribution is 2.17. The van der Waals surface area contributed by atoms with Gasteiger partial charge in [-0.05, 0) is 30.6 Å². The van der Waals surface area contributed by atoms with Crippen molar-refractivity contribution >= 4 is 22.7 Å². The van der Waals surface area contributed by atoms with Gasteiger partial charge in [-0.1, -0.05) is 6.07 Å². The molecule has 2 aromatic rings. The molecule has 0 saturated heterocycles. The quantitative estimate of drug-likeness (QED) is 0.777. The Morgan fingerprint density at radius 3 is 2.82 bits per heavy atom. The van der Waals surface area contributed by atoms with E-state index >= 15 is 0 Å². The minimum atomic E-state index is 0.736. The molecule has 0 atom stereocenters. The number of ether oxygens (including phenoxy) is 1. The minimum absolute atomic E-state index is 0.736. The van der Waals surface area contributed by atoms with Gasteiger partial charge in [-0.2, -0.15) is 0 Å². The first-order chi connectivity index (χ1) is 8.38. The van der Waals surface area contributed by atoms with E-state index in [4.69, 9.17) is 4.74 Å². The van der Waals surface area contributed by atoms with Gasteiger partial charge in [-0.25, -0.2) is 0 Å². The van der Waals surface area contributed by atoms with Gasteiger partial charge in [-0.3, -0.25) is 0 Å². The van der Waals surface area contributed by atoms with Crippen LogP contribution in [0.1, 0.15) is 14.6 Å². The van der Waals surface area contributed by atoms with Crippen LogP contribution in [0.15, 0.2) is 29.6 Å². The standard InChI is InChI=1S/C13H17NOS2/c1-14-9-12-4-5-13(17-12)10-15-7-6-11-3-2-8-16-11/h2-5,8,14H,6-7,9-10H2,1H3. The summed E-state index contributed by atoms with van der Waals surface area (Å²) in [5.74, 6) is 0. The number of hydrogen-bond donors (Lipinski definition) is 1. The summed E-state index contributed by atoms with van der Waals surface area (Å²) < 4.78 is 5.68. The van der Waals surface area contributed by atoms with Gasteiger partial charge < -0.3 is 10.1 Å². The first-order valence-electron chi connectivity index (χ1n) is 5.71. The van der Waals surface area contributed by atoms with Crippen molar-refractivity contribution in [2.75, 3.05) is 13.7 Å². The molecule has 0 amide bonds. The van der Waals surface area contributed by atoms with E-state index in [-0.39, 0.29) is 0 Å². The fourth-order valence-electron chi connectivity index (χ4n) is 1.57. The van der Waals surface area contributed by atoms with Crippen molar-refractivity contribution in [3.63, 3.8) is 0 Å². The largest absolute Gasteiger partial charge is 0.376 e. The lowest BCUT2D eigenvalue weighted by Crippen LogP contribution is -2.02. The SMILES string of the molecule is CNCc1ccc(COCCc2cccs2)s1. The van der Waals surface area contributed by atoms with E-state index in [0.29, 0.717) is 0 Å². The predicted octanol–water partition coefficient (Wildman–Crippen LogP) is 3.29. The molecule has 0 aliphatic carbocycles. The summed E-state index contributed by atoms with van der Waals surface area (Å²) in [7, 11) is 1.97. The van der Waals surface area contributed by atoms with Crippen LogP contribution in [0.25, 0.3) is 0 Å². The molecule has 2 aromatic heterocycles. The lowest BCUT2D eigenvalue weighted by atomic mass is 10.4. The molecular weight excluding hydrogens is 250 g/mol. The average molecular weight is 267 g/mol. The molecule has 2 rings (SSSR count). The van der Waals surface area contributed by atoms with Crippen molar-refractivity contribution in [1.29, 1.82) is 0 Å². The lowest BCUT2D eigenvalue weighted by molar-refractivity contribution is 0.126. The molecule has 0 aliphatic rings. The topological polar surface area (TPSA) is 21.3 Å². The summed E-state index contributed by atoms with van der Waals surface area (Å²) in [6.07, 6.45) is 1.02. The van der Waals surface area contributed by atoms with Crippen LogP contribution in [-0.2, 0) is 24.3 Å². The molecule has 0 unspecified atom stereocenters. The fraction of sp³-hybridized carbons (Fsp3) is 0.385. The molecule has 1 N–H and O–H groups in total. The molecular formula is C13H17NOS2. The molecule has 2 nitrogen and oxygen atoms in total. The van der Waals surface area contributed by atoms with Gasteiger partial charge in [0, 0.05) is 27.6 Å². The maximum Gasteiger partial charge on any atom is 0.0809 e. The zero-order valence-electron chi connectivity index (χ0n) is 9.94. The summed E-state index contributed by atoms with van der Waals surface area (Å²) in [5, 5.41) is 5.26. The van der Waals surface area contributed by atoms with Crippen molar-refractivity contribution in [2.24, 2.45) is 0 Å². The third-order valence-electron chi connectivity index (χ3n) is 2.39. The third-order valence-corrected chi connectivity index (χ3v) is 4.38. The third kappa shape index (κ3) is 4.24. The van der Waals surface area contributed by atoms with E-state index in [9.17, 15) is 0 Å². The monoisotopic (exact) mass is 267 g/mol. The van der Waals surface area contributed by atoms with Crippen LogP contribution in [-0.4, -0.2) is 13.7 Å². The van der Waals surface area contributed by atoms with Gasteiger partial charge in [0.25, 0.3) is 0 Å². The smallest absolute Gasteiger partial charge is 0.0809 e. The van der Waals surface area contributed by atoms with Crippen LogP contribution in [0.4, 0.5) is 0 Å². The Balaban J connectivity index is 1.67. The molecule has 0 saturated carbocycles. The molecule has 17 heavy (non-hydrogen) atoms. The maximum atomic E-state index is 5.68. The van der Waals surface area contributed by atoms with Gasteiger partial charge in [0.2, 0.25) is 0 Å². The maximum absolute atomic E-state index is 5.68. The number of rotatable bonds is 7. The Labute approximate surface area is 110 Å². The second-order valence-corrected chi connectivity index (χ2v) is 6.07. The Kier molecular flexibility index (Phi) is 5.19. The van der Waals surface area contributed by atoms with Crippen LogP contribution in [0, 0.1) is 0 Å². The van der Waals surface area contributed by atoms with E-state index in [1.165, 1.54) is 14.6 Å². The Morgan fingerprint density at radius 2 is 2.06 bits per heavy atom. The summed E-state index contributed by atoms with van der Waals surface area (Å²) in [4.78, 5) is 4.07. The average Bonchev–Trinajstić information content (AvgIpc) is 2.96. The number of thiophene rings is 2. The molecule has 0 bridgehead atoms. The van der Waals surface area contributed by atoms with E-state index in [1.807, 2.05) is 18.4 Å². The van der Waals surface area contributed by atoms with Crippen molar-refractivity contribution in [1.82, 2.24) is 5.32 Å². The number of hydrogen-bond acceptors (Lipinski definition) is 4. The Bertz CT molecular complexity index is 422. The Hall–Kier alpha value is -0.680. The van der Waals surface area contributed by atoms with E-state index in [1.54, 1.807) is 11.3 Å².